The van der Waals surface area contributed by atoms with Crippen molar-refractivity contribution in [2.24, 2.45) is 0 Å². The molecule has 0 fully saturated rings. The van der Waals surface area contributed by atoms with Crippen LogP contribution in [0.4, 0.5) is 0 Å². The molecule has 0 aromatic carbocycles. The predicted octanol–water partition coefficient (Wildman–Crippen LogP) is 0.370. The topological polar surface area (TPSA) is 87.0 Å². The summed E-state index contributed by atoms with van der Waals surface area (Å²) in [6.45, 7) is 3.64. The summed E-state index contributed by atoms with van der Waals surface area (Å²) in [5.41, 5.74) is 0. The van der Waals surface area contributed by atoms with Crippen molar-refractivity contribution in [2.75, 3.05) is 19.8 Å². The summed E-state index contributed by atoms with van der Waals surface area (Å²) < 4.78 is 4.48. The number of ether oxygens (including phenoxy) is 1. The zero-order valence-electron chi connectivity index (χ0n) is 9.06. The van der Waals surface area contributed by atoms with Crippen molar-refractivity contribution >= 4 is 5.97 Å². The van der Waals surface area contributed by atoms with Crippen LogP contribution >= 0.6 is 0 Å². The van der Waals surface area contributed by atoms with Gasteiger partial charge in [-0.3, -0.25) is 0 Å². The molecule has 0 aromatic rings. The first-order valence-electron chi connectivity index (χ1n) is 4.34. The Labute approximate surface area is 105 Å². The van der Waals surface area contributed by atoms with Gasteiger partial charge in [-0.1, -0.05) is 0 Å². The summed E-state index contributed by atoms with van der Waals surface area (Å²) in [4.78, 5) is 10.4. The van der Waals surface area contributed by atoms with Crippen molar-refractivity contribution in [2.45, 2.75) is 20.3 Å². The molecule has 3 N–H and O–H groups in total. The molecule has 0 aliphatic rings. The molecule has 0 spiro atoms. The summed E-state index contributed by atoms with van der Waals surface area (Å²) in [6.07, 6.45) is 1.53. The minimum absolute atomic E-state index is 0. The molecule has 0 amide bonds. The second-order valence-corrected chi connectivity index (χ2v) is 2.34. The molecular formula is C9H18O5Ti. The van der Waals surface area contributed by atoms with Crippen LogP contribution in [0.2, 0.25) is 0 Å². The number of aliphatic hydroxyl groups is 3. The van der Waals surface area contributed by atoms with Crippen molar-refractivity contribution < 1.29 is 46.6 Å². The van der Waals surface area contributed by atoms with Gasteiger partial charge in [0.1, 0.15) is 0 Å². The number of aliphatic hydroxyl groups excluding tert-OH is 3. The largest absolute Gasteiger partial charge is 0.512 e. The number of allylic oxidation sites excluding steroid dienone is 1. The molecule has 0 saturated carbocycles. The van der Waals surface area contributed by atoms with Gasteiger partial charge in [0, 0.05) is 34.9 Å². The van der Waals surface area contributed by atoms with Gasteiger partial charge in [0.15, 0.2) is 0 Å². The van der Waals surface area contributed by atoms with Crippen molar-refractivity contribution in [1.29, 1.82) is 0 Å². The third-order valence-electron chi connectivity index (χ3n) is 0.930. The number of rotatable bonds is 4. The van der Waals surface area contributed by atoms with Crippen LogP contribution < -0.4 is 0 Å². The van der Waals surface area contributed by atoms with E-state index in [4.69, 9.17) is 15.3 Å². The Kier molecular flexibility index (Phi) is 21.6. The maximum absolute atomic E-state index is 10.4. The molecule has 0 unspecified atom stereocenters. The number of carbonyl (C=O) groups excluding carboxylic acids is 1. The SMILES string of the molecule is CCOC(=O)/C=C(/C)O.OCCCO.[Ti]. The third kappa shape index (κ3) is 24.8. The van der Waals surface area contributed by atoms with Gasteiger partial charge in [0.2, 0.25) is 0 Å². The zero-order valence-corrected chi connectivity index (χ0v) is 10.6. The van der Waals surface area contributed by atoms with Crippen molar-refractivity contribution in [3.63, 3.8) is 0 Å². The van der Waals surface area contributed by atoms with Crippen LogP contribution in [0.25, 0.3) is 0 Å². The Bertz CT molecular complexity index is 164. The molecule has 88 valence electrons. The predicted molar refractivity (Wildman–Crippen MR) is 51.8 cm³/mol. The fraction of sp³-hybridized carbons (Fsp3) is 0.667. The maximum atomic E-state index is 10.4. The minimum Gasteiger partial charge on any atom is -0.512 e. The molecule has 0 aliphatic heterocycles. The van der Waals surface area contributed by atoms with E-state index < -0.39 is 5.97 Å². The van der Waals surface area contributed by atoms with E-state index in [2.05, 4.69) is 4.74 Å². The molecule has 0 radical (unpaired) electrons. The van der Waals surface area contributed by atoms with E-state index in [-0.39, 0.29) is 40.7 Å². The first-order chi connectivity index (χ1) is 6.58. The van der Waals surface area contributed by atoms with E-state index in [1.807, 2.05) is 0 Å². The van der Waals surface area contributed by atoms with Crippen molar-refractivity contribution in [1.82, 2.24) is 0 Å². The zero-order chi connectivity index (χ0) is 11.4. The summed E-state index contributed by atoms with van der Waals surface area (Å²) in [6, 6.07) is 0. The number of hydrogen-bond donors (Lipinski definition) is 3. The number of hydrogen-bond acceptors (Lipinski definition) is 5. The fourth-order valence-electron chi connectivity index (χ4n) is 0.425. The second kappa shape index (κ2) is 16.1. The molecule has 0 atom stereocenters. The van der Waals surface area contributed by atoms with Gasteiger partial charge in [-0.15, -0.1) is 0 Å². The second-order valence-electron chi connectivity index (χ2n) is 2.34. The molecule has 0 saturated heterocycles. The van der Waals surface area contributed by atoms with Crippen LogP contribution in [-0.4, -0.2) is 41.1 Å². The normalized spacial score (nSPS) is 9.47. The molecule has 0 heterocycles. The van der Waals surface area contributed by atoms with E-state index in [1.54, 1.807) is 6.92 Å². The van der Waals surface area contributed by atoms with Crippen LogP contribution in [0.1, 0.15) is 20.3 Å². The van der Waals surface area contributed by atoms with Crippen LogP contribution in [0.3, 0.4) is 0 Å². The van der Waals surface area contributed by atoms with Crippen LogP contribution in [0.5, 0.6) is 0 Å². The molecular weight excluding hydrogens is 236 g/mol. The average molecular weight is 254 g/mol. The fourth-order valence-corrected chi connectivity index (χ4v) is 0.425. The first kappa shape index (κ1) is 20.1. The van der Waals surface area contributed by atoms with E-state index in [0.29, 0.717) is 13.0 Å². The van der Waals surface area contributed by atoms with Crippen LogP contribution in [0, 0.1) is 0 Å². The monoisotopic (exact) mass is 254 g/mol. The molecule has 5 nitrogen and oxygen atoms in total. The quantitative estimate of drug-likeness (QED) is 0.292. The summed E-state index contributed by atoms with van der Waals surface area (Å²) in [5, 5.41) is 24.3. The van der Waals surface area contributed by atoms with Gasteiger partial charge in [-0.25, -0.2) is 4.79 Å². The van der Waals surface area contributed by atoms with E-state index in [0.717, 1.165) is 6.08 Å². The molecule has 0 bridgehead atoms. The Morgan fingerprint density at radius 3 is 2.00 bits per heavy atom. The van der Waals surface area contributed by atoms with E-state index >= 15 is 0 Å². The Hall–Kier alpha value is -0.356. The van der Waals surface area contributed by atoms with Gasteiger partial charge < -0.3 is 20.1 Å². The van der Waals surface area contributed by atoms with E-state index in [1.165, 1.54) is 6.92 Å². The number of esters is 1. The molecule has 6 heteroatoms. The summed E-state index contributed by atoms with van der Waals surface area (Å²) in [7, 11) is 0. The van der Waals surface area contributed by atoms with Crippen LogP contribution in [-0.2, 0) is 31.2 Å². The Morgan fingerprint density at radius 1 is 1.33 bits per heavy atom. The van der Waals surface area contributed by atoms with Gasteiger partial charge in [-0.2, -0.15) is 0 Å². The van der Waals surface area contributed by atoms with Gasteiger partial charge in [0.25, 0.3) is 0 Å². The van der Waals surface area contributed by atoms with Gasteiger partial charge >= 0.3 is 5.97 Å². The third-order valence-corrected chi connectivity index (χ3v) is 0.930. The standard InChI is InChI=1S/C6H10O3.C3H8O2.Ti/c1-3-9-6(8)4-5(2)7;4-2-1-3-5;/h4,7H,3H2,1-2H3;4-5H,1-3H2;/b5-4-;;. The Morgan fingerprint density at radius 2 is 1.80 bits per heavy atom. The molecule has 0 aromatic heterocycles. The number of carbonyl (C=O) groups is 1. The first-order valence-corrected chi connectivity index (χ1v) is 4.34. The maximum Gasteiger partial charge on any atom is 0.334 e. The Balaban J connectivity index is -0.000000208. The minimum atomic E-state index is -0.502. The van der Waals surface area contributed by atoms with Gasteiger partial charge in [-0.05, 0) is 20.3 Å². The van der Waals surface area contributed by atoms with Crippen molar-refractivity contribution in [3.05, 3.63) is 11.8 Å². The smallest absolute Gasteiger partial charge is 0.334 e. The average Bonchev–Trinajstić information content (AvgIpc) is 2.05. The molecule has 0 rings (SSSR count). The summed E-state index contributed by atoms with van der Waals surface area (Å²) >= 11 is 0. The summed E-state index contributed by atoms with van der Waals surface area (Å²) in [5.74, 6) is -0.536. The molecule has 0 aliphatic carbocycles. The van der Waals surface area contributed by atoms with E-state index in [9.17, 15) is 4.79 Å². The van der Waals surface area contributed by atoms with Crippen molar-refractivity contribution in [3.8, 4) is 0 Å². The van der Waals surface area contributed by atoms with Crippen LogP contribution in [0.15, 0.2) is 11.8 Å². The van der Waals surface area contributed by atoms with Gasteiger partial charge in [0.05, 0.1) is 18.4 Å². The molecule has 15 heavy (non-hydrogen) atoms.